The van der Waals surface area contributed by atoms with Crippen molar-refractivity contribution in [3.8, 4) is 5.69 Å². The molecule has 4 rings (SSSR count). The number of fused-ring (bicyclic) bond motifs is 1. The highest BCUT2D eigenvalue weighted by Crippen LogP contribution is 2.20. The Hall–Kier alpha value is -2.77. The van der Waals surface area contributed by atoms with Crippen LogP contribution in [0.4, 0.5) is 4.39 Å². The number of rotatable bonds is 4. The van der Waals surface area contributed by atoms with E-state index in [0.717, 1.165) is 36.3 Å². The van der Waals surface area contributed by atoms with Gasteiger partial charge in [-0.3, -0.25) is 9.69 Å². The van der Waals surface area contributed by atoms with Gasteiger partial charge in [-0.05, 0) is 23.8 Å². The van der Waals surface area contributed by atoms with E-state index in [2.05, 4.69) is 15.3 Å². The third kappa shape index (κ3) is 3.84. The van der Waals surface area contributed by atoms with E-state index in [1.54, 1.807) is 16.8 Å². The lowest BCUT2D eigenvalue weighted by molar-refractivity contribution is 0.100. The third-order valence-electron chi connectivity index (χ3n) is 4.84. The predicted molar refractivity (Wildman–Crippen MR) is 103 cm³/mol. The van der Waals surface area contributed by atoms with E-state index in [9.17, 15) is 9.18 Å². The van der Waals surface area contributed by atoms with Crippen LogP contribution in [0.15, 0.2) is 48.7 Å². The highest BCUT2D eigenvalue weighted by atomic mass is 19.1. The number of amides is 1. The molecule has 2 aromatic carbocycles. The summed E-state index contributed by atoms with van der Waals surface area (Å²) in [5, 5.41) is 8.49. The number of nitrogens with zero attached hydrogens (tertiary/aromatic N) is 3. The first kappa shape index (κ1) is 17.6. The number of hydrogen-bond donors (Lipinski definition) is 2. The fourth-order valence-corrected chi connectivity index (χ4v) is 3.46. The monoisotopic (exact) mass is 367 g/mol. The van der Waals surface area contributed by atoms with Gasteiger partial charge in [0.1, 0.15) is 11.7 Å². The number of benzene rings is 2. The van der Waals surface area contributed by atoms with Crippen LogP contribution in [0.5, 0.6) is 0 Å². The number of halogens is 1. The van der Waals surface area contributed by atoms with Gasteiger partial charge in [0.15, 0.2) is 0 Å². The Bertz CT molecular complexity index is 953. The minimum absolute atomic E-state index is 0.415. The Kier molecular flexibility index (Phi) is 4.87. The molecule has 1 aliphatic heterocycles. The molecule has 0 bridgehead atoms. The van der Waals surface area contributed by atoms with Gasteiger partial charge >= 0.3 is 0 Å². The Labute approximate surface area is 156 Å². The summed E-state index contributed by atoms with van der Waals surface area (Å²) in [4.78, 5) is 13.7. The lowest BCUT2D eigenvalue weighted by Gasteiger charge is -2.20. The summed E-state index contributed by atoms with van der Waals surface area (Å²) < 4.78 is 15.5. The fourth-order valence-electron chi connectivity index (χ4n) is 3.46. The number of primary amides is 1. The molecule has 0 aliphatic carbocycles. The van der Waals surface area contributed by atoms with Crippen LogP contribution in [0, 0.1) is 0 Å². The maximum atomic E-state index is 13.7. The van der Waals surface area contributed by atoms with Crippen molar-refractivity contribution in [2.75, 3.05) is 26.2 Å². The summed E-state index contributed by atoms with van der Waals surface area (Å²) in [7, 11) is 0. The van der Waals surface area contributed by atoms with E-state index < -0.39 is 12.1 Å². The van der Waals surface area contributed by atoms with Crippen LogP contribution in [0.25, 0.3) is 16.6 Å². The zero-order valence-corrected chi connectivity index (χ0v) is 14.9. The molecule has 3 aromatic rings. The standard InChI is InChI=1S/C20H22FN5O/c21-16-10-23-8-9-25(13-16)11-14-4-6-17(7-5-14)26-12-15-2-1-3-18(20(22)27)19(15)24-26/h1-7,12,16,23H,8-11,13H2,(H2,22,27). The van der Waals surface area contributed by atoms with E-state index in [0.29, 0.717) is 24.2 Å². The van der Waals surface area contributed by atoms with Crippen molar-refractivity contribution < 1.29 is 9.18 Å². The summed E-state index contributed by atoms with van der Waals surface area (Å²) in [6.45, 7) is 3.24. The third-order valence-corrected chi connectivity index (χ3v) is 4.84. The first-order valence-electron chi connectivity index (χ1n) is 9.05. The van der Waals surface area contributed by atoms with Crippen molar-refractivity contribution >= 4 is 16.8 Å². The molecule has 1 atom stereocenters. The lowest BCUT2D eigenvalue weighted by Crippen LogP contribution is -2.30. The van der Waals surface area contributed by atoms with Crippen LogP contribution >= 0.6 is 0 Å². The normalized spacial score (nSPS) is 18.5. The zero-order chi connectivity index (χ0) is 18.8. The number of aromatic nitrogens is 2. The molecule has 140 valence electrons. The van der Waals surface area contributed by atoms with Crippen molar-refractivity contribution in [1.82, 2.24) is 20.0 Å². The van der Waals surface area contributed by atoms with Crippen LogP contribution in [-0.2, 0) is 6.54 Å². The van der Waals surface area contributed by atoms with E-state index in [4.69, 9.17) is 5.73 Å². The summed E-state index contributed by atoms with van der Waals surface area (Å²) >= 11 is 0. The quantitative estimate of drug-likeness (QED) is 0.738. The van der Waals surface area contributed by atoms with E-state index in [1.165, 1.54) is 0 Å². The van der Waals surface area contributed by atoms with E-state index in [1.807, 2.05) is 36.5 Å². The van der Waals surface area contributed by atoms with Gasteiger partial charge in [0, 0.05) is 44.3 Å². The number of carbonyl (C=O) groups excluding carboxylic acids is 1. The summed E-state index contributed by atoms with van der Waals surface area (Å²) in [6, 6.07) is 13.4. The van der Waals surface area contributed by atoms with Gasteiger partial charge in [-0.2, -0.15) is 5.10 Å². The number of nitrogens with two attached hydrogens (primary N) is 1. The zero-order valence-electron chi connectivity index (χ0n) is 14.9. The molecule has 0 saturated carbocycles. The average molecular weight is 367 g/mol. The van der Waals surface area contributed by atoms with Crippen molar-refractivity contribution in [2.45, 2.75) is 12.7 Å². The molecule has 1 saturated heterocycles. The van der Waals surface area contributed by atoms with Crippen molar-refractivity contribution in [3.63, 3.8) is 0 Å². The molecule has 1 fully saturated rings. The SMILES string of the molecule is NC(=O)c1cccc2cn(-c3ccc(CN4CCNCC(F)C4)cc3)nc12. The van der Waals surface area contributed by atoms with Crippen molar-refractivity contribution in [2.24, 2.45) is 5.73 Å². The first-order chi connectivity index (χ1) is 13.1. The summed E-state index contributed by atoms with van der Waals surface area (Å²) in [5.41, 5.74) is 8.47. The molecule has 0 radical (unpaired) electrons. The molecule has 2 heterocycles. The molecule has 1 aliphatic rings. The fraction of sp³-hybridized carbons (Fsp3) is 0.300. The molecule has 6 nitrogen and oxygen atoms in total. The topological polar surface area (TPSA) is 76.2 Å². The average Bonchev–Trinajstić information content (AvgIpc) is 2.99. The molecular weight excluding hydrogens is 345 g/mol. The number of carbonyl (C=O) groups is 1. The Morgan fingerprint density at radius 2 is 2.07 bits per heavy atom. The Morgan fingerprint density at radius 1 is 1.26 bits per heavy atom. The predicted octanol–water partition coefficient (Wildman–Crippen LogP) is 1.87. The van der Waals surface area contributed by atoms with Gasteiger partial charge in [0.2, 0.25) is 0 Å². The maximum Gasteiger partial charge on any atom is 0.250 e. The molecule has 0 spiro atoms. The van der Waals surface area contributed by atoms with Crippen LogP contribution in [0.2, 0.25) is 0 Å². The van der Waals surface area contributed by atoms with Gasteiger partial charge in [-0.1, -0.05) is 24.3 Å². The molecular formula is C20H22FN5O. The van der Waals surface area contributed by atoms with E-state index in [-0.39, 0.29) is 0 Å². The van der Waals surface area contributed by atoms with Crippen LogP contribution in [-0.4, -0.2) is 52.9 Å². The molecule has 1 amide bonds. The second-order valence-corrected chi connectivity index (χ2v) is 6.88. The first-order valence-corrected chi connectivity index (χ1v) is 9.05. The number of alkyl halides is 1. The minimum Gasteiger partial charge on any atom is -0.366 e. The molecule has 1 aromatic heterocycles. The van der Waals surface area contributed by atoms with Gasteiger partial charge in [0.05, 0.1) is 11.3 Å². The largest absolute Gasteiger partial charge is 0.366 e. The molecule has 7 heteroatoms. The van der Waals surface area contributed by atoms with Crippen LogP contribution in [0.3, 0.4) is 0 Å². The summed E-state index contributed by atoms with van der Waals surface area (Å²) in [5.74, 6) is -0.487. The van der Waals surface area contributed by atoms with Gasteiger partial charge in [-0.25, -0.2) is 9.07 Å². The van der Waals surface area contributed by atoms with Crippen LogP contribution < -0.4 is 11.1 Å². The molecule has 1 unspecified atom stereocenters. The molecule has 27 heavy (non-hydrogen) atoms. The van der Waals surface area contributed by atoms with E-state index >= 15 is 0 Å². The minimum atomic E-state index is -0.831. The number of nitrogens with one attached hydrogen (secondary N) is 1. The van der Waals surface area contributed by atoms with Crippen molar-refractivity contribution in [1.29, 1.82) is 0 Å². The second kappa shape index (κ2) is 7.46. The lowest BCUT2D eigenvalue weighted by atomic mass is 10.1. The molecule has 3 N–H and O–H groups in total. The smallest absolute Gasteiger partial charge is 0.250 e. The van der Waals surface area contributed by atoms with Gasteiger partial charge in [0.25, 0.3) is 5.91 Å². The van der Waals surface area contributed by atoms with Crippen LogP contribution in [0.1, 0.15) is 15.9 Å². The second-order valence-electron chi connectivity index (χ2n) is 6.88. The number of hydrogen-bond acceptors (Lipinski definition) is 4. The van der Waals surface area contributed by atoms with Gasteiger partial charge in [-0.15, -0.1) is 0 Å². The Balaban J connectivity index is 1.54. The highest BCUT2D eigenvalue weighted by molar-refractivity contribution is 6.04. The maximum absolute atomic E-state index is 13.7. The van der Waals surface area contributed by atoms with Gasteiger partial charge < -0.3 is 11.1 Å². The highest BCUT2D eigenvalue weighted by Gasteiger charge is 2.17. The Morgan fingerprint density at radius 3 is 2.85 bits per heavy atom. The summed E-state index contributed by atoms with van der Waals surface area (Å²) in [6.07, 6.45) is 1.05. The van der Waals surface area contributed by atoms with Crippen molar-refractivity contribution in [3.05, 3.63) is 59.8 Å².